The Labute approximate surface area is 210 Å². The normalized spacial score (nSPS) is 15.4. The number of nitrogens with one attached hydrogen (secondary N) is 1. The van der Waals surface area contributed by atoms with E-state index >= 15 is 4.39 Å². The molecular formula is C24H25ClF4N6O. The van der Waals surface area contributed by atoms with E-state index < -0.39 is 11.9 Å². The third kappa shape index (κ3) is 6.19. The molecule has 7 nitrogen and oxygen atoms in total. The van der Waals surface area contributed by atoms with Crippen LogP contribution in [0.4, 0.5) is 17.6 Å². The van der Waals surface area contributed by atoms with Gasteiger partial charge in [-0.25, -0.2) is 14.4 Å². The first-order chi connectivity index (χ1) is 17.0. The Morgan fingerprint density at radius 2 is 1.94 bits per heavy atom. The van der Waals surface area contributed by atoms with Crippen molar-refractivity contribution in [1.29, 1.82) is 0 Å². The van der Waals surface area contributed by atoms with Gasteiger partial charge in [0.2, 0.25) is 5.91 Å². The minimum absolute atomic E-state index is 0.00761. The van der Waals surface area contributed by atoms with Crippen molar-refractivity contribution in [1.82, 2.24) is 25.1 Å². The van der Waals surface area contributed by atoms with Gasteiger partial charge in [-0.3, -0.25) is 14.8 Å². The number of halogens is 5. The van der Waals surface area contributed by atoms with Crippen LogP contribution in [0.15, 0.2) is 24.4 Å². The van der Waals surface area contributed by atoms with Gasteiger partial charge in [0.05, 0.1) is 17.3 Å². The molecule has 4 rings (SSSR count). The quantitative estimate of drug-likeness (QED) is 0.452. The first-order valence-corrected chi connectivity index (χ1v) is 11.8. The molecule has 3 aromatic rings. The molecule has 2 aromatic heterocycles. The van der Waals surface area contributed by atoms with Crippen LogP contribution < -0.4 is 5.73 Å². The number of hydrogen-bond acceptors (Lipinski definition) is 5. The van der Waals surface area contributed by atoms with Crippen molar-refractivity contribution < 1.29 is 22.4 Å². The van der Waals surface area contributed by atoms with Crippen LogP contribution in [0.2, 0.25) is 5.02 Å². The zero-order valence-corrected chi connectivity index (χ0v) is 20.3. The number of hydrogen-bond donors (Lipinski definition) is 2. The number of aryl methyl sites for hydroxylation is 1. The summed E-state index contributed by atoms with van der Waals surface area (Å²) in [7, 11) is 0. The predicted molar refractivity (Wildman–Crippen MR) is 125 cm³/mol. The molecule has 0 aliphatic carbocycles. The molecule has 0 radical (unpaired) electrons. The number of likely N-dealkylation sites (tertiary alicyclic amines) is 1. The number of piperidine rings is 1. The van der Waals surface area contributed by atoms with Gasteiger partial charge in [0.1, 0.15) is 11.6 Å². The molecule has 192 valence electrons. The highest BCUT2D eigenvalue weighted by Crippen LogP contribution is 2.32. The van der Waals surface area contributed by atoms with E-state index in [1.54, 1.807) is 12.1 Å². The Bertz CT molecular complexity index is 1250. The summed E-state index contributed by atoms with van der Waals surface area (Å²) >= 11 is 6.16. The van der Waals surface area contributed by atoms with E-state index in [9.17, 15) is 18.0 Å². The molecule has 1 aliphatic rings. The smallest absolute Gasteiger partial charge is 0.369 e. The highest BCUT2D eigenvalue weighted by Gasteiger charge is 2.34. The van der Waals surface area contributed by atoms with E-state index in [2.05, 4.69) is 20.2 Å². The fourth-order valence-electron chi connectivity index (χ4n) is 4.56. The molecule has 36 heavy (non-hydrogen) atoms. The number of primary amides is 1. The third-order valence-corrected chi connectivity index (χ3v) is 6.65. The fraction of sp³-hybridized carbons (Fsp3) is 0.417. The average Bonchev–Trinajstić information content (AvgIpc) is 3.28. The maximum absolute atomic E-state index is 15.1. The Hall–Kier alpha value is -3.05. The standard InChI is InChI=1S/C24H25ClF4N6O/c1-13-6-15(19(26)10-17(13)14-2-4-35(5-3-14)12-22(30)36)7-23-31-11-18(25)20(32-23)8-16-9-21(34-33-16)24(27,28)29/h6,9-11,14H,2-5,7-8,12H2,1H3,(H2,30,36)(H,33,34). The molecule has 1 fully saturated rings. The van der Waals surface area contributed by atoms with E-state index in [-0.39, 0.29) is 47.7 Å². The number of rotatable bonds is 7. The van der Waals surface area contributed by atoms with Gasteiger partial charge in [-0.1, -0.05) is 17.7 Å². The van der Waals surface area contributed by atoms with Crippen LogP contribution in [0.1, 0.15) is 58.4 Å². The summed E-state index contributed by atoms with van der Waals surface area (Å²) in [6.07, 6.45) is -1.49. The second-order valence-electron chi connectivity index (χ2n) is 9.03. The van der Waals surface area contributed by atoms with Crippen LogP contribution in [0.5, 0.6) is 0 Å². The molecule has 0 spiro atoms. The molecule has 1 amide bonds. The van der Waals surface area contributed by atoms with Gasteiger partial charge in [-0.05, 0) is 67.6 Å². The molecule has 0 unspecified atom stereocenters. The van der Waals surface area contributed by atoms with Crippen molar-refractivity contribution in [3.8, 4) is 0 Å². The maximum Gasteiger partial charge on any atom is 0.435 e. The van der Waals surface area contributed by atoms with Gasteiger partial charge >= 0.3 is 6.18 Å². The Kier molecular flexibility index (Phi) is 7.60. The lowest BCUT2D eigenvalue weighted by Gasteiger charge is -2.32. The molecule has 1 aromatic carbocycles. The first-order valence-electron chi connectivity index (χ1n) is 11.4. The number of aromatic nitrogens is 4. The first kappa shape index (κ1) is 26.0. The molecule has 3 heterocycles. The number of aromatic amines is 1. The van der Waals surface area contributed by atoms with Gasteiger partial charge < -0.3 is 5.73 Å². The van der Waals surface area contributed by atoms with Gasteiger partial charge in [-0.15, -0.1) is 0 Å². The number of H-pyrrole nitrogens is 1. The molecule has 1 aliphatic heterocycles. The summed E-state index contributed by atoms with van der Waals surface area (Å²) in [4.78, 5) is 21.7. The number of nitrogens with two attached hydrogens (primary N) is 1. The molecule has 12 heteroatoms. The summed E-state index contributed by atoms with van der Waals surface area (Å²) in [5, 5.41) is 5.82. The molecule has 3 N–H and O–H groups in total. The monoisotopic (exact) mass is 524 g/mol. The second-order valence-corrected chi connectivity index (χ2v) is 9.43. The summed E-state index contributed by atoms with van der Waals surface area (Å²) < 4.78 is 53.5. The fourth-order valence-corrected chi connectivity index (χ4v) is 4.71. The zero-order chi connectivity index (χ0) is 26.0. The zero-order valence-electron chi connectivity index (χ0n) is 19.5. The largest absolute Gasteiger partial charge is 0.435 e. The number of nitrogens with zero attached hydrogens (tertiary/aromatic N) is 4. The van der Waals surface area contributed by atoms with E-state index in [0.717, 1.165) is 43.1 Å². The average molecular weight is 525 g/mol. The number of amides is 1. The third-order valence-electron chi connectivity index (χ3n) is 6.34. The van der Waals surface area contributed by atoms with Crippen LogP contribution in [0.25, 0.3) is 0 Å². The van der Waals surface area contributed by atoms with Gasteiger partial charge in [0.25, 0.3) is 0 Å². The molecule has 0 atom stereocenters. The van der Waals surface area contributed by atoms with Crippen molar-refractivity contribution in [2.75, 3.05) is 19.6 Å². The van der Waals surface area contributed by atoms with Crippen molar-refractivity contribution in [3.05, 3.63) is 74.8 Å². The summed E-state index contributed by atoms with van der Waals surface area (Å²) in [5.41, 5.74) is 7.06. The lowest BCUT2D eigenvalue weighted by atomic mass is 9.85. The minimum atomic E-state index is -4.56. The summed E-state index contributed by atoms with van der Waals surface area (Å²) in [6, 6.07) is 4.24. The van der Waals surface area contributed by atoms with E-state index in [4.69, 9.17) is 17.3 Å². The van der Waals surface area contributed by atoms with Crippen molar-refractivity contribution >= 4 is 17.5 Å². The highest BCUT2D eigenvalue weighted by atomic mass is 35.5. The van der Waals surface area contributed by atoms with Crippen LogP contribution >= 0.6 is 11.6 Å². The number of alkyl halides is 3. The lowest BCUT2D eigenvalue weighted by molar-refractivity contribution is -0.141. The van der Waals surface area contributed by atoms with Crippen molar-refractivity contribution in [2.45, 2.75) is 44.7 Å². The Balaban J connectivity index is 1.47. The number of carbonyl (C=O) groups is 1. The Morgan fingerprint density at radius 3 is 2.58 bits per heavy atom. The number of benzene rings is 1. The molecular weight excluding hydrogens is 500 g/mol. The van der Waals surface area contributed by atoms with Crippen LogP contribution in [-0.4, -0.2) is 50.6 Å². The van der Waals surface area contributed by atoms with Crippen molar-refractivity contribution in [2.24, 2.45) is 5.73 Å². The van der Waals surface area contributed by atoms with E-state index in [1.807, 2.05) is 11.8 Å². The van der Waals surface area contributed by atoms with Crippen molar-refractivity contribution in [3.63, 3.8) is 0 Å². The lowest BCUT2D eigenvalue weighted by Crippen LogP contribution is -2.39. The van der Waals surface area contributed by atoms with Gasteiger partial charge in [-0.2, -0.15) is 18.3 Å². The van der Waals surface area contributed by atoms with Crippen LogP contribution in [0, 0.1) is 12.7 Å². The summed E-state index contributed by atoms with van der Waals surface area (Å²) in [5.74, 6) is -0.246. The van der Waals surface area contributed by atoms with Crippen LogP contribution in [-0.2, 0) is 23.8 Å². The number of carbonyl (C=O) groups excluding carboxylic acids is 1. The van der Waals surface area contributed by atoms with E-state index in [1.165, 1.54) is 6.20 Å². The molecule has 1 saturated heterocycles. The highest BCUT2D eigenvalue weighted by molar-refractivity contribution is 6.31. The van der Waals surface area contributed by atoms with Crippen LogP contribution in [0.3, 0.4) is 0 Å². The predicted octanol–water partition coefficient (Wildman–Crippen LogP) is 4.17. The van der Waals surface area contributed by atoms with E-state index in [0.29, 0.717) is 17.1 Å². The summed E-state index contributed by atoms with van der Waals surface area (Å²) in [6.45, 7) is 3.60. The minimum Gasteiger partial charge on any atom is -0.369 e. The van der Waals surface area contributed by atoms with Gasteiger partial charge in [0.15, 0.2) is 5.69 Å². The SMILES string of the molecule is Cc1cc(Cc2ncc(Cl)c(Cc3cc(C(F)(F)F)n[nH]3)n2)c(F)cc1C1CCN(CC(N)=O)CC1. The Morgan fingerprint density at radius 1 is 1.22 bits per heavy atom. The molecule has 0 bridgehead atoms. The maximum atomic E-state index is 15.1. The topological polar surface area (TPSA) is 101 Å². The second kappa shape index (κ2) is 10.5. The van der Waals surface area contributed by atoms with Gasteiger partial charge in [0, 0.05) is 24.7 Å². The molecule has 0 saturated carbocycles.